The molecule has 0 atom stereocenters. The minimum Gasteiger partial charge on any atom is -0.513 e. The van der Waals surface area contributed by atoms with Gasteiger partial charge in [0.15, 0.2) is 0 Å². The number of aliphatic hydroxyl groups is 1. The fourth-order valence-electron chi connectivity index (χ4n) is 3.98. The van der Waals surface area contributed by atoms with Crippen LogP contribution in [0.2, 0.25) is 5.02 Å². The molecule has 0 bridgehead atoms. The van der Waals surface area contributed by atoms with Gasteiger partial charge in [-0.25, -0.2) is 0 Å². The molecule has 0 spiro atoms. The summed E-state index contributed by atoms with van der Waals surface area (Å²) in [5.74, 6) is 1.16. The fraction of sp³-hybridized carbons (Fsp3) is 0.360. The average Bonchev–Trinajstić information content (AvgIpc) is 3.21. The second kappa shape index (κ2) is 9.61. The first-order chi connectivity index (χ1) is 15.4. The first kappa shape index (κ1) is 22.8. The summed E-state index contributed by atoms with van der Waals surface area (Å²) < 4.78 is 5.73. The predicted molar refractivity (Wildman–Crippen MR) is 131 cm³/mol. The van der Waals surface area contributed by atoms with E-state index in [2.05, 4.69) is 46.8 Å². The van der Waals surface area contributed by atoms with Crippen molar-refractivity contribution in [3.63, 3.8) is 0 Å². The summed E-state index contributed by atoms with van der Waals surface area (Å²) >= 11 is 7.99. The molecule has 168 valence electrons. The van der Waals surface area contributed by atoms with Crippen LogP contribution in [-0.4, -0.2) is 39.4 Å². The molecular weight excluding hydrogens is 442 g/mol. The number of aromatic nitrogens is 2. The van der Waals surface area contributed by atoms with Crippen molar-refractivity contribution in [1.82, 2.24) is 15.1 Å². The van der Waals surface area contributed by atoms with Crippen LogP contribution in [-0.2, 0) is 13.0 Å². The van der Waals surface area contributed by atoms with Crippen molar-refractivity contribution in [2.75, 3.05) is 13.1 Å². The third-order valence-electron chi connectivity index (χ3n) is 5.65. The van der Waals surface area contributed by atoms with Gasteiger partial charge in [-0.15, -0.1) is 10.2 Å². The van der Waals surface area contributed by atoms with Gasteiger partial charge in [0.05, 0.1) is 16.9 Å². The summed E-state index contributed by atoms with van der Waals surface area (Å²) in [6.07, 6.45) is 0.980. The normalized spacial score (nSPS) is 14.5. The number of ether oxygens (including phenoxy) is 1. The third-order valence-corrected chi connectivity index (χ3v) is 6.95. The molecule has 1 fully saturated rings. The van der Waals surface area contributed by atoms with Crippen LogP contribution in [0.25, 0.3) is 21.1 Å². The Morgan fingerprint density at radius 3 is 2.66 bits per heavy atom. The van der Waals surface area contributed by atoms with Crippen LogP contribution in [0.4, 0.5) is 0 Å². The summed E-state index contributed by atoms with van der Waals surface area (Å²) in [6, 6.07) is 12.1. The highest BCUT2D eigenvalue weighted by Gasteiger charge is 2.29. The predicted octanol–water partition coefficient (Wildman–Crippen LogP) is 6.38. The van der Waals surface area contributed by atoms with E-state index in [0.717, 1.165) is 47.2 Å². The molecule has 0 saturated carbocycles. The molecule has 7 heteroatoms. The van der Waals surface area contributed by atoms with Gasteiger partial charge in [-0.2, -0.15) is 0 Å². The Bertz CT molecular complexity index is 1120. The van der Waals surface area contributed by atoms with Crippen molar-refractivity contribution in [2.45, 2.75) is 39.8 Å². The molecule has 1 aliphatic rings. The minimum atomic E-state index is 0.0656. The average molecular weight is 470 g/mol. The molecule has 1 aromatic heterocycles. The van der Waals surface area contributed by atoms with E-state index in [1.807, 2.05) is 32.0 Å². The molecule has 1 saturated heterocycles. The molecule has 2 aromatic carbocycles. The highest BCUT2D eigenvalue weighted by Crippen LogP contribution is 2.36. The molecule has 32 heavy (non-hydrogen) atoms. The molecule has 2 heterocycles. The molecule has 0 amide bonds. The van der Waals surface area contributed by atoms with Gasteiger partial charge in [-0.1, -0.05) is 54.6 Å². The molecule has 5 nitrogen and oxygen atoms in total. The maximum atomic E-state index is 9.57. The molecule has 0 radical (unpaired) electrons. The number of halogens is 1. The highest BCUT2D eigenvalue weighted by molar-refractivity contribution is 7.17. The van der Waals surface area contributed by atoms with E-state index >= 15 is 0 Å². The number of benzene rings is 2. The van der Waals surface area contributed by atoms with E-state index in [0.29, 0.717) is 10.8 Å². The zero-order valence-electron chi connectivity index (χ0n) is 18.6. The van der Waals surface area contributed by atoms with Crippen molar-refractivity contribution in [3.05, 3.63) is 64.9 Å². The van der Waals surface area contributed by atoms with E-state index < -0.39 is 0 Å². The Labute approximate surface area is 198 Å². The van der Waals surface area contributed by atoms with Crippen LogP contribution in [0.1, 0.15) is 31.9 Å². The van der Waals surface area contributed by atoms with Crippen LogP contribution < -0.4 is 4.74 Å². The maximum absolute atomic E-state index is 9.57. The SMILES string of the molecule is C=C(O)C1CN(Cc2cccc(-c3nnc(-c4ccc(OC(C)C)c(Cl)c4)s3)c2CC)C1. The standard InChI is InChI=1S/C25H28ClN3O2S/c1-5-20-18(12-29-13-19(14-29)16(4)30)7-6-8-21(20)25-28-27-24(32-25)17-9-10-23(22(26)11-17)31-15(2)3/h6-11,15,19,30H,4-5,12-14H2,1-3H3. The molecule has 1 aliphatic heterocycles. The van der Waals surface area contributed by atoms with Crippen LogP contribution in [0.5, 0.6) is 5.75 Å². The van der Waals surface area contributed by atoms with E-state index in [9.17, 15) is 5.11 Å². The number of aliphatic hydroxyl groups excluding tert-OH is 1. The Balaban J connectivity index is 1.56. The lowest BCUT2D eigenvalue weighted by Crippen LogP contribution is -2.46. The zero-order chi connectivity index (χ0) is 22.8. The van der Waals surface area contributed by atoms with Gasteiger partial charge in [0.1, 0.15) is 15.8 Å². The van der Waals surface area contributed by atoms with Crippen molar-refractivity contribution in [2.24, 2.45) is 5.92 Å². The summed E-state index contributed by atoms with van der Waals surface area (Å²) in [5.41, 5.74) is 4.64. The lowest BCUT2D eigenvalue weighted by molar-refractivity contribution is 0.0861. The van der Waals surface area contributed by atoms with Gasteiger partial charge in [0.2, 0.25) is 0 Å². The molecule has 3 aromatic rings. The third kappa shape index (κ3) is 4.82. The van der Waals surface area contributed by atoms with Crippen molar-refractivity contribution >= 4 is 22.9 Å². The lowest BCUT2D eigenvalue weighted by atomic mass is 9.94. The Kier molecular flexibility index (Phi) is 6.84. The maximum Gasteiger partial charge on any atom is 0.148 e. The largest absolute Gasteiger partial charge is 0.513 e. The number of hydrogen-bond acceptors (Lipinski definition) is 6. The first-order valence-electron chi connectivity index (χ1n) is 10.9. The summed E-state index contributed by atoms with van der Waals surface area (Å²) in [4.78, 5) is 2.33. The van der Waals surface area contributed by atoms with Crippen molar-refractivity contribution in [3.8, 4) is 26.9 Å². The summed E-state index contributed by atoms with van der Waals surface area (Å²) in [7, 11) is 0. The van der Waals surface area contributed by atoms with Gasteiger partial charge in [-0.3, -0.25) is 4.90 Å². The minimum absolute atomic E-state index is 0.0656. The van der Waals surface area contributed by atoms with Gasteiger partial charge in [0.25, 0.3) is 0 Å². The number of nitrogens with zero attached hydrogens (tertiary/aromatic N) is 3. The van der Waals surface area contributed by atoms with E-state index in [1.54, 1.807) is 11.3 Å². The van der Waals surface area contributed by atoms with Gasteiger partial charge < -0.3 is 9.84 Å². The number of likely N-dealkylation sites (tertiary alicyclic amines) is 1. The Morgan fingerprint density at radius 1 is 1.25 bits per heavy atom. The second-order valence-electron chi connectivity index (χ2n) is 8.40. The van der Waals surface area contributed by atoms with Crippen molar-refractivity contribution < 1.29 is 9.84 Å². The monoisotopic (exact) mass is 469 g/mol. The second-order valence-corrected chi connectivity index (χ2v) is 9.79. The molecule has 4 rings (SSSR count). The van der Waals surface area contributed by atoms with Crippen LogP contribution in [0.3, 0.4) is 0 Å². The fourth-order valence-corrected chi connectivity index (χ4v) is 5.10. The van der Waals surface area contributed by atoms with Gasteiger partial charge in [0, 0.05) is 36.7 Å². The smallest absolute Gasteiger partial charge is 0.148 e. The Morgan fingerprint density at radius 2 is 2.00 bits per heavy atom. The van der Waals surface area contributed by atoms with E-state index in [4.69, 9.17) is 16.3 Å². The van der Waals surface area contributed by atoms with Gasteiger partial charge in [-0.05, 0) is 49.6 Å². The molecule has 0 unspecified atom stereocenters. The molecule has 0 aliphatic carbocycles. The van der Waals surface area contributed by atoms with Crippen LogP contribution in [0.15, 0.2) is 48.7 Å². The highest BCUT2D eigenvalue weighted by atomic mass is 35.5. The van der Waals surface area contributed by atoms with E-state index in [1.165, 1.54) is 11.1 Å². The topological polar surface area (TPSA) is 58.5 Å². The zero-order valence-corrected chi connectivity index (χ0v) is 20.2. The lowest BCUT2D eigenvalue weighted by Gasteiger charge is -2.39. The van der Waals surface area contributed by atoms with Crippen LogP contribution >= 0.6 is 22.9 Å². The number of rotatable bonds is 8. The summed E-state index contributed by atoms with van der Waals surface area (Å²) in [6.45, 7) is 12.3. The molecule has 1 N–H and O–H groups in total. The number of hydrogen-bond donors (Lipinski definition) is 1. The quantitative estimate of drug-likeness (QED) is 0.388. The van der Waals surface area contributed by atoms with Crippen molar-refractivity contribution in [1.29, 1.82) is 0 Å². The van der Waals surface area contributed by atoms with E-state index in [-0.39, 0.29) is 17.8 Å². The summed E-state index contributed by atoms with van der Waals surface area (Å²) in [5, 5.41) is 20.8. The van der Waals surface area contributed by atoms with Crippen LogP contribution in [0, 0.1) is 5.92 Å². The molecular formula is C25H28ClN3O2S. The Hall–Kier alpha value is -2.41. The van der Waals surface area contributed by atoms with Gasteiger partial charge >= 0.3 is 0 Å². The first-order valence-corrected chi connectivity index (χ1v) is 12.1.